The number of benzene rings is 2. The quantitative estimate of drug-likeness (QED) is 0.428. The summed E-state index contributed by atoms with van der Waals surface area (Å²) in [7, 11) is -8.11. The van der Waals surface area contributed by atoms with E-state index < -0.39 is 54.9 Å². The number of nitrogens with one attached hydrogen (secondary N) is 2. The lowest BCUT2D eigenvalue weighted by atomic mass is 10.2. The van der Waals surface area contributed by atoms with Gasteiger partial charge in [-0.2, -0.15) is 13.2 Å². The van der Waals surface area contributed by atoms with Gasteiger partial charge in [0.15, 0.2) is 0 Å². The van der Waals surface area contributed by atoms with Gasteiger partial charge in [-0.25, -0.2) is 16.8 Å². The summed E-state index contributed by atoms with van der Waals surface area (Å²) in [5.74, 6) is -0.881. The molecule has 0 aliphatic heterocycles. The average Bonchev–Trinajstić information content (AvgIpc) is 2.77. The van der Waals surface area contributed by atoms with Gasteiger partial charge in [-0.3, -0.25) is 18.8 Å². The minimum absolute atomic E-state index is 0.122. The highest BCUT2D eigenvalue weighted by molar-refractivity contribution is 7.92. The predicted octanol–water partition coefficient (Wildman–Crippen LogP) is 3.96. The molecule has 9 nitrogen and oxygen atoms in total. The van der Waals surface area contributed by atoms with Crippen molar-refractivity contribution in [1.29, 1.82) is 0 Å². The molecule has 1 amide bonds. The summed E-state index contributed by atoms with van der Waals surface area (Å²) in [6, 6.07) is 10.5. The highest BCUT2D eigenvalue weighted by Gasteiger charge is 2.34. The highest BCUT2D eigenvalue weighted by atomic mass is 35.5. The summed E-state index contributed by atoms with van der Waals surface area (Å²) in [5, 5.41) is 1.75. The standard InChI is InChI=1S/C21H18ClF3N4O5S2/c1-35(31,32)29(16-6-9-19(22)18(11-16)21(23,24)25)13-20(30)27-14-4-7-17(8-5-14)36(33,34)28-15-3-2-10-26-12-15/h2-12,28H,13H2,1H3,(H,27,30). The van der Waals surface area contributed by atoms with Crippen molar-refractivity contribution in [3.05, 3.63) is 77.6 Å². The van der Waals surface area contributed by atoms with Gasteiger partial charge in [0.2, 0.25) is 15.9 Å². The maximum Gasteiger partial charge on any atom is 0.417 e. The van der Waals surface area contributed by atoms with Crippen LogP contribution in [0.4, 0.5) is 30.2 Å². The highest BCUT2D eigenvalue weighted by Crippen LogP contribution is 2.37. The van der Waals surface area contributed by atoms with Crippen molar-refractivity contribution in [1.82, 2.24) is 4.98 Å². The molecule has 2 N–H and O–H groups in total. The first-order chi connectivity index (χ1) is 16.7. The van der Waals surface area contributed by atoms with E-state index in [0.717, 1.165) is 18.4 Å². The Hall–Kier alpha value is -3.36. The molecular formula is C21H18ClF3N4O5S2. The van der Waals surface area contributed by atoms with E-state index in [9.17, 15) is 34.8 Å². The molecule has 0 bridgehead atoms. The molecule has 2 aromatic carbocycles. The van der Waals surface area contributed by atoms with Crippen molar-refractivity contribution in [2.45, 2.75) is 11.1 Å². The number of rotatable bonds is 8. The van der Waals surface area contributed by atoms with Gasteiger partial charge in [-0.05, 0) is 54.6 Å². The number of sulfonamides is 2. The summed E-state index contributed by atoms with van der Waals surface area (Å²) in [6.07, 6.45) is -1.32. The first-order valence-corrected chi connectivity index (χ1v) is 13.5. The van der Waals surface area contributed by atoms with Gasteiger partial charge in [0.25, 0.3) is 10.0 Å². The van der Waals surface area contributed by atoms with Crippen molar-refractivity contribution in [3.63, 3.8) is 0 Å². The third kappa shape index (κ3) is 6.86. The Morgan fingerprint density at radius 1 is 1.03 bits per heavy atom. The number of alkyl halides is 3. The molecule has 3 aromatic rings. The van der Waals surface area contributed by atoms with E-state index in [0.29, 0.717) is 10.4 Å². The van der Waals surface area contributed by atoms with E-state index in [2.05, 4.69) is 15.0 Å². The Labute approximate surface area is 210 Å². The van der Waals surface area contributed by atoms with Gasteiger partial charge >= 0.3 is 6.18 Å². The fourth-order valence-corrected chi connectivity index (χ4v) is 5.09. The lowest BCUT2D eigenvalue weighted by molar-refractivity contribution is -0.137. The van der Waals surface area contributed by atoms with E-state index in [-0.39, 0.29) is 16.3 Å². The van der Waals surface area contributed by atoms with Crippen molar-refractivity contribution in [2.24, 2.45) is 0 Å². The van der Waals surface area contributed by atoms with Crippen LogP contribution in [-0.2, 0) is 31.0 Å². The van der Waals surface area contributed by atoms with Crippen molar-refractivity contribution in [3.8, 4) is 0 Å². The SMILES string of the molecule is CS(=O)(=O)N(CC(=O)Nc1ccc(S(=O)(=O)Nc2cccnc2)cc1)c1ccc(Cl)c(C(F)(F)F)c1. The average molecular weight is 563 g/mol. The molecule has 0 unspecified atom stereocenters. The Morgan fingerprint density at radius 2 is 1.69 bits per heavy atom. The molecule has 15 heteroatoms. The van der Waals surface area contributed by atoms with Gasteiger partial charge in [-0.1, -0.05) is 11.6 Å². The Balaban J connectivity index is 1.76. The summed E-state index contributed by atoms with van der Waals surface area (Å²) < 4.78 is 91.8. The minimum atomic E-state index is -4.84. The molecule has 1 aromatic heterocycles. The topological polar surface area (TPSA) is 126 Å². The van der Waals surface area contributed by atoms with Gasteiger partial charge in [-0.15, -0.1) is 0 Å². The largest absolute Gasteiger partial charge is 0.417 e. The number of pyridine rings is 1. The zero-order chi connectivity index (χ0) is 26.7. The zero-order valence-corrected chi connectivity index (χ0v) is 20.7. The number of hydrogen-bond donors (Lipinski definition) is 2. The van der Waals surface area contributed by atoms with Gasteiger partial charge in [0.05, 0.1) is 39.3 Å². The minimum Gasteiger partial charge on any atom is -0.325 e. The molecule has 0 aliphatic carbocycles. The molecule has 0 saturated heterocycles. The first-order valence-electron chi connectivity index (χ1n) is 9.84. The van der Waals surface area contributed by atoms with Crippen LogP contribution in [0.2, 0.25) is 5.02 Å². The Bertz CT molecular complexity index is 1470. The fourth-order valence-electron chi connectivity index (χ4n) is 2.97. The summed E-state index contributed by atoms with van der Waals surface area (Å²) in [4.78, 5) is 16.2. The van der Waals surface area contributed by atoms with Gasteiger partial charge in [0.1, 0.15) is 6.54 Å². The molecule has 0 saturated carbocycles. The van der Waals surface area contributed by atoms with E-state index in [4.69, 9.17) is 11.6 Å². The van der Waals surface area contributed by atoms with Crippen molar-refractivity contribution in [2.75, 3.05) is 27.1 Å². The maximum absolute atomic E-state index is 13.2. The third-order valence-corrected chi connectivity index (χ3v) is 7.46. The smallest absolute Gasteiger partial charge is 0.325 e. The van der Waals surface area contributed by atoms with E-state index >= 15 is 0 Å². The summed E-state index contributed by atoms with van der Waals surface area (Å²) in [5.41, 5.74) is -1.30. The summed E-state index contributed by atoms with van der Waals surface area (Å²) >= 11 is 5.59. The lowest BCUT2D eigenvalue weighted by Gasteiger charge is -2.23. The second-order valence-electron chi connectivity index (χ2n) is 7.35. The molecule has 0 spiro atoms. The molecule has 1 heterocycles. The van der Waals surface area contributed by atoms with Gasteiger partial charge in [0, 0.05) is 11.9 Å². The van der Waals surface area contributed by atoms with Crippen molar-refractivity contribution < 1.29 is 34.8 Å². The van der Waals surface area contributed by atoms with Crippen LogP contribution in [-0.4, -0.2) is 40.5 Å². The Morgan fingerprint density at radius 3 is 2.25 bits per heavy atom. The van der Waals surface area contributed by atoms with Crippen LogP contribution in [0.1, 0.15) is 5.56 Å². The molecule has 0 aliphatic rings. The summed E-state index contributed by atoms with van der Waals surface area (Å²) in [6.45, 7) is -0.847. The van der Waals surface area contributed by atoms with E-state index in [1.807, 2.05) is 0 Å². The van der Waals surface area contributed by atoms with E-state index in [1.165, 1.54) is 42.7 Å². The molecule has 0 radical (unpaired) electrons. The number of amides is 1. The Kier molecular flexibility index (Phi) is 7.81. The molecular weight excluding hydrogens is 545 g/mol. The van der Waals surface area contributed by atoms with Crippen LogP contribution < -0.4 is 14.3 Å². The number of anilines is 3. The van der Waals surface area contributed by atoms with Gasteiger partial charge < -0.3 is 5.32 Å². The molecule has 0 atom stereocenters. The number of nitrogens with zero attached hydrogens (tertiary/aromatic N) is 2. The number of hydrogen-bond acceptors (Lipinski definition) is 6. The zero-order valence-electron chi connectivity index (χ0n) is 18.3. The number of aromatic nitrogens is 1. The van der Waals surface area contributed by atoms with Crippen molar-refractivity contribution >= 4 is 54.6 Å². The van der Waals surface area contributed by atoms with Crippen LogP contribution >= 0.6 is 11.6 Å². The normalized spacial score (nSPS) is 12.1. The molecule has 192 valence electrons. The number of carbonyl (C=O) groups is 1. The third-order valence-electron chi connectivity index (χ3n) is 4.59. The fraction of sp³-hybridized carbons (Fsp3) is 0.143. The monoisotopic (exact) mass is 562 g/mol. The molecule has 3 rings (SSSR count). The van der Waals surface area contributed by atoms with Crippen LogP contribution in [0, 0.1) is 0 Å². The molecule has 0 fully saturated rings. The molecule has 36 heavy (non-hydrogen) atoms. The van der Waals surface area contributed by atoms with Crippen LogP contribution in [0.3, 0.4) is 0 Å². The first kappa shape index (κ1) is 27.2. The van der Waals surface area contributed by atoms with Crippen LogP contribution in [0.15, 0.2) is 71.9 Å². The second-order valence-corrected chi connectivity index (χ2v) is 11.3. The second kappa shape index (κ2) is 10.3. The number of halogens is 4. The predicted molar refractivity (Wildman–Crippen MR) is 129 cm³/mol. The van der Waals surface area contributed by atoms with E-state index in [1.54, 1.807) is 6.07 Å². The number of carbonyl (C=O) groups excluding carboxylic acids is 1. The maximum atomic E-state index is 13.2. The lowest BCUT2D eigenvalue weighted by Crippen LogP contribution is -2.37. The van der Waals surface area contributed by atoms with Crippen LogP contribution in [0.5, 0.6) is 0 Å². The van der Waals surface area contributed by atoms with Crippen LogP contribution in [0.25, 0.3) is 0 Å².